The number of hydrogen-bond donors (Lipinski definition) is 0. The number of thiophene rings is 1. The largest absolute Gasteiger partial charge is 0.335 e. The third kappa shape index (κ3) is 3.75. The van der Waals surface area contributed by atoms with Crippen LogP contribution in [-0.4, -0.2) is 58.5 Å². The van der Waals surface area contributed by atoms with Gasteiger partial charge in [-0.2, -0.15) is 0 Å². The lowest BCUT2D eigenvalue weighted by molar-refractivity contribution is -0.130. The summed E-state index contributed by atoms with van der Waals surface area (Å²) >= 11 is 3.09. The number of nitrogens with zero attached hydrogens (tertiary/aromatic N) is 3. The number of sulfone groups is 1. The molecule has 0 radical (unpaired) electrons. The van der Waals surface area contributed by atoms with Crippen molar-refractivity contribution in [3.05, 3.63) is 17.3 Å². The molecule has 26 heavy (non-hydrogen) atoms. The zero-order valence-corrected chi connectivity index (χ0v) is 17.0. The summed E-state index contributed by atoms with van der Waals surface area (Å²) in [6.07, 6.45) is 5.03. The molecular formula is C17H21N3O3S3. The van der Waals surface area contributed by atoms with Crippen molar-refractivity contribution in [1.82, 2.24) is 14.9 Å². The Morgan fingerprint density at radius 1 is 1.31 bits per heavy atom. The fraction of sp³-hybridized carbons (Fsp3) is 0.588. The van der Waals surface area contributed by atoms with Crippen LogP contribution >= 0.6 is 23.1 Å². The summed E-state index contributed by atoms with van der Waals surface area (Å²) in [6.45, 7) is 2.11. The van der Waals surface area contributed by atoms with Crippen LogP contribution in [0.1, 0.15) is 31.1 Å². The van der Waals surface area contributed by atoms with Crippen LogP contribution in [0.4, 0.5) is 0 Å². The van der Waals surface area contributed by atoms with Crippen molar-refractivity contribution >= 4 is 49.1 Å². The summed E-state index contributed by atoms with van der Waals surface area (Å²) in [5.41, 5.74) is 0. The lowest BCUT2D eigenvalue weighted by atomic mass is 10.2. The van der Waals surface area contributed by atoms with Crippen LogP contribution in [0.15, 0.2) is 17.4 Å². The first-order valence-electron chi connectivity index (χ1n) is 8.84. The number of carbonyl (C=O) groups is 1. The van der Waals surface area contributed by atoms with Crippen molar-refractivity contribution < 1.29 is 13.2 Å². The summed E-state index contributed by atoms with van der Waals surface area (Å²) in [5, 5.41) is 1.84. The molecule has 9 heteroatoms. The van der Waals surface area contributed by atoms with Gasteiger partial charge in [-0.05, 0) is 31.7 Å². The maximum Gasteiger partial charge on any atom is 0.233 e. The second-order valence-electron chi connectivity index (χ2n) is 6.84. The molecule has 1 atom stereocenters. The number of hydrogen-bond acceptors (Lipinski definition) is 7. The van der Waals surface area contributed by atoms with Gasteiger partial charge in [0, 0.05) is 22.3 Å². The molecule has 0 bridgehead atoms. The molecule has 4 rings (SSSR count). The highest BCUT2D eigenvalue weighted by atomic mass is 32.2. The van der Waals surface area contributed by atoms with Crippen molar-refractivity contribution in [2.75, 3.05) is 17.3 Å². The quantitative estimate of drug-likeness (QED) is 0.537. The predicted octanol–water partition coefficient (Wildman–Crippen LogP) is 2.52. The van der Waals surface area contributed by atoms with Gasteiger partial charge in [-0.1, -0.05) is 18.7 Å². The molecule has 2 fully saturated rings. The van der Waals surface area contributed by atoms with E-state index in [-0.39, 0.29) is 35.2 Å². The lowest BCUT2D eigenvalue weighted by Crippen LogP contribution is -2.43. The molecule has 0 N–H and O–H groups in total. The molecule has 1 amide bonds. The summed E-state index contributed by atoms with van der Waals surface area (Å²) in [4.78, 5) is 25.6. The summed E-state index contributed by atoms with van der Waals surface area (Å²) in [5.74, 6) is 0.624. The van der Waals surface area contributed by atoms with E-state index in [2.05, 4.69) is 23.0 Å². The molecule has 1 saturated carbocycles. The molecule has 0 spiro atoms. The van der Waals surface area contributed by atoms with Crippen LogP contribution in [0.2, 0.25) is 0 Å². The third-order valence-corrected chi connectivity index (χ3v) is 8.78. The zero-order valence-electron chi connectivity index (χ0n) is 14.6. The highest BCUT2D eigenvalue weighted by Crippen LogP contribution is 2.35. The molecule has 2 aromatic heterocycles. The van der Waals surface area contributed by atoms with E-state index < -0.39 is 9.84 Å². The van der Waals surface area contributed by atoms with Gasteiger partial charge in [-0.15, -0.1) is 11.3 Å². The fourth-order valence-corrected chi connectivity index (χ4v) is 6.98. The number of amides is 1. The topological polar surface area (TPSA) is 80.2 Å². The molecule has 1 saturated heterocycles. The van der Waals surface area contributed by atoms with Gasteiger partial charge in [0.25, 0.3) is 0 Å². The van der Waals surface area contributed by atoms with Crippen LogP contribution in [0, 0.1) is 0 Å². The van der Waals surface area contributed by atoms with Crippen molar-refractivity contribution in [3.8, 4) is 0 Å². The average Bonchev–Trinajstić information content (AvgIpc) is 3.23. The summed E-state index contributed by atoms with van der Waals surface area (Å²) in [7, 11) is -3.00. The molecule has 1 aliphatic carbocycles. The first-order valence-corrected chi connectivity index (χ1v) is 12.5. The normalized spacial score (nSPS) is 22.0. The van der Waals surface area contributed by atoms with E-state index in [1.54, 1.807) is 17.7 Å². The van der Waals surface area contributed by atoms with Gasteiger partial charge < -0.3 is 4.90 Å². The van der Waals surface area contributed by atoms with Crippen LogP contribution in [-0.2, 0) is 21.1 Å². The van der Waals surface area contributed by atoms with E-state index >= 15 is 0 Å². The molecule has 2 aromatic rings. The van der Waals surface area contributed by atoms with Gasteiger partial charge in [-0.3, -0.25) is 4.79 Å². The minimum Gasteiger partial charge on any atom is -0.335 e. The Labute approximate surface area is 161 Å². The molecule has 0 unspecified atom stereocenters. The second-order valence-corrected chi connectivity index (χ2v) is 11.1. The first kappa shape index (κ1) is 18.2. The van der Waals surface area contributed by atoms with Gasteiger partial charge >= 0.3 is 0 Å². The third-order valence-electron chi connectivity index (χ3n) is 4.85. The van der Waals surface area contributed by atoms with E-state index in [9.17, 15) is 13.2 Å². The molecular weight excluding hydrogens is 390 g/mol. The van der Waals surface area contributed by atoms with Crippen molar-refractivity contribution in [3.63, 3.8) is 0 Å². The highest BCUT2D eigenvalue weighted by molar-refractivity contribution is 8.00. The Morgan fingerprint density at radius 3 is 2.77 bits per heavy atom. The predicted molar refractivity (Wildman–Crippen MR) is 104 cm³/mol. The molecule has 2 aliphatic rings. The Kier molecular flexibility index (Phi) is 4.96. The van der Waals surface area contributed by atoms with Gasteiger partial charge in [0.05, 0.1) is 17.3 Å². The van der Waals surface area contributed by atoms with Crippen molar-refractivity contribution in [1.29, 1.82) is 0 Å². The Hall–Kier alpha value is -1.19. The number of aryl methyl sites for hydroxylation is 1. The van der Waals surface area contributed by atoms with Crippen molar-refractivity contribution in [2.45, 2.75) is 49.7 Å². The number of thioether (sulfide) groups is 1. The van der Waals surface area contributed by atoms with E-state index in [1.807, 2.05) is 4.90 Å². The Bertz CT molecular complexity index is 937. The van der Waals surface area contributed by atoms with Gasteiger partial charge in [-0.25, -0.2) is 18.4 Å². The standard InChI is InChI=1S/C17H21N3O3S3/c1-2-13-7-14-16(18-10-19-17(14)25-13)24-8-15(21)20(11-3-4-11)12-5-6-26(22,23)9-12/h7,10-12H,2-6,8-9H2,1H3/t12-/m1/s1. The number of fused-ring (bicyclic) bond motifs is 1. The minimum atomic E-state index is -3.00. The fourth-order valence-electron chi connectivity index (χ4n) is 3.43. The van der Waals surface area contributed by atoms with E-state index in [0.29, 0.717) is 6.42 Å². The van der Waals surface area contributed by atoms with Crippen LogP contribution in [0.25, 0.3) is 10.2 Å². The lowest BCUT2D eigenvalue weighted by Gasteiger charge is -2.28. The van der Waals surface area contributed by atoms with E-state index in [4.69, 9.17) is 0 Å². The second kappa shape index (κ2) is 7.09. The highest BCUT2D eigenvalue weighted by Gasteiger charge is 2.41. The maximum atomic E-state index is 12.9. The Morgan fingerprint density at radius 2 is 2.12 bits per heavy atom. The van der Waals surface area contributed by atoms with Crippen LogP contribution in [0.5, 0.6) is 0 Å². The minimum absolute atomic E-state index is 0.0253. The maximum absolute atomic E-state index is 12.9. The van der Waals surface area contributed by atoms with E-state index in [0.717, 1.165) is 34.5 Å². The molecule has 0 aromatic carbocycles. The van der Waals surface area contributed by atoms with Gasteiger partial charge in [0.1, 0.15) is 16.2 Å². The Balaban J connectivity index is 1.48. The van der Waals surface area contributed by atoms with Crippen LogP contribution < -0.4 is 0 Å². The van der Waals surface area contributed by atoms with Crippen LogP contribution in [0.3, 0.4) is 0 Å². The van der Waals surface area contributed by atoms with Gasteiger partial charge in [0.2, 0.25) is 5.91 Å². The van der Waals surface area contributed by atoms with Gasteiger partial charge in [0.15, 0.2) is 9.84 Å². The van der Waals surface area contributed by atoms with Crippen molar-refractivity contribution in [2.24, 2.45) is 0 Å². The molecule has 1 aliphatic heterocycles. The number of rotatable bonds is 6. The number of aromatic nitrogens is 2. The molecule has 140 valence electrons. The molecule has 6 nitrogen and oxygen atoms in total. The average molecular weight is 412 g/mol. The first-order chi connectivity index (χ1) is 12.5. The summed E-state index contributed by atoms with van der Waals surface area (Å²) in [6, 6.07) is 2.17. The zero-order chi connectivity index (χ0) is 18.3. The smallest absolute Gasteiger partial charge is 0.233 e. The monoisotopic (exact) mass is 411 g/mol. The summed E-state index contributed by atoms with van der Waals surface area (Å²) < 4.78 is 23.6. The van der Waals surface area contributed by atoms with E-state index in [1.165, 1.54) is 16.6 Å². The number of carbonyl (C=O) groups excluding carboxylic acids is 1. The molecule has 3 heterocycles. The SMILES string of the molecule is CCc1cc2c(SCC(=O)N(C3CC3)[C@@H]3CCS(=O)(=O)C3)ncnc2s1.